The SMILES string of the molecule is COc1ccc(-c2nc3cnc(Nc4ccccc4)nc3n(CCC#N)c2=O)cc1. The number of nitriles is 1. The Kier molecular flexibility index (Phi) is 5.35. The molecule has 0 atom stereocenters. The second-order valence-electron chi connectivity index (χ2n) is 6.45. The average Bonchev–Trinajstić information content (AvgIpc) is 2.79. The van der Waals surface area contributed by atoms with Crippen molar-refractivity contribution in [2.24, 2.45) is 0 Å². The van der Waals surface area contributed by atoms with Crippen LogP contribution in [0.25, 0.3) is 22.4 Å². The summed E-state index contributed by atoms with van der Waals surface area (Å²) in [7, 11) is 1.58. The Morgan fingerprint density at radius 2 is 1.87 bits per heavy atom. The molecule has 8 nitrogen and oxygen atoms in total. The lowest BCUT2D eigenvalue weighted by Crippen LogP contribution is -2.25. The molecule has 8 heteroatoms. The molecular formula is C22H18N6O2. The van der Waals surface area contributed by atoms with E-state index in [0.29, 0.717) is 28.4 Å². The minimum absolute atomic E-state index is 0.173. The third kappa shape index (κ3) is 3.82. The quantitative estimate of drug-likeness (QED) is 0.530. The van der Waals surface area contributed by atoms with Gasteiger partial charge in [-0.25, -0.2) is 9.97 Å². The molecule has 2 aromatic heterocycles. The summed E-state index contributed by atoms with van der Waals surface area (Å²) in [5.74, 6) is 1.03. The highest BCUT2D eigenvalue weighted by Crippen LogP contribution is 2.21. The topological polar surface area (TPSA) is 106 Å². The van der Waals surface area contributed by atoms with Gasteiger partial charge in [-0.05, 0) is 36.4 Å². The molecule has 0 aliphatic rings. The molecule has 30 heavy (non-hydrogen) atoms. The summed E-state index contributed by atoms with van der Waals surface area (Å²) in [5.41, 5.74) is 2.28. The number of nitrogens with one attached hydrogen (secondary N) is 1. The number of hydrogen-bond acceptors (Lipinski definition) is 7. The van der Waals surface area contributed by atoms with Crippen LogP contribution in [0.4, 0.5) is 11.6 Å². The molecular weight excluding hydrogens is 380 g/mol. The van der Waals surface area contributed by atoms with Gasteiger partial charge in [-0.15, -0.1) is 0 Å². The number of rotatable bonds is 6. The minimum Gasteiger partial charge on any atom is -0.497 e. The first kappa shape index (κ1) is 19.1. The van der Waals surface area contributed by atoms with E-state index in [2.05, 4.69) is 26.3 Å². The molecule has 0 unspecified atom stereocenters. The minimum atomic E-state index is -0.313. The number of ether oxygens (including phenoxy) is 1. The fourth-order valence-corrected chi connectivity index (χ4v) is 3.05. The van der Waals surface area contributed by atoms with E-state index in [9.17, 15) is 4.79 Å². The predicted octanol–water partition coefficient (Wildman–Crippen LogP) is 3.52. The summed E-state index contributed by atoms with van der Waals surface area (Å²) >= 11 is 0. The van der Waals surface area contributed by atoms with Crippen LogP contribution in [0.3, 0.4) is 0 Å². The summed E-state index contributed by atoms with van der Waals surface area (Å²) in [6.45, 7) is 0.208. The largest absolute Gasteiger partial charge is 0.497 e. The molecule has 2 aromatic carbocycles. The summed E-state index contributed by atoms with van der Waals surface area (Å²) in [6, 6.07) is 18.7. The lowest BCUT2D eigenvalue weighted by Gasteiger charge is -2.12. The molecule has 0 aliphatic heterocycles. The molecule has 0 amide bonds. The van der Waals surface area contributed by atoms with E-state index in [-0.39, 0.29) is 24.2 Å². The Hall–Kier alpha value is -4.25. The molecule has 0 spiro atoms. The highest BCUT2D eigenvalue weighted by atomic mass is 16.5. The third-order valence-corrected chi connectivity index (χ3v) is 4.53. The van der Waals surface area contributed by atoms with Crippen molar-refractivity contribution in [3.8, 4) is 23.1 Å². The third-order valence-electron chi connectivity index (χ3n) is 4.53. The second kappa shape index (κ2) is 8.41. The Labute approximate surface area is 172 Å². The number of benzene rings is 2. The van der Waals surface area contributed by atoms with Crippen molar-refractivity contribution in [2.75, 3.05) is 12.4 Å². The molecule has 0 fully saturated rings. The monoisotopic (exact) mass is 398 g/mol. The van der Waals surface area contributed by atoms with E-state index in [1.54, 1.807) is 37.6 Å². The Morgan fingerprint density at radius 1 is 1.10 bits per heavy atom. The van der Waals surface area contributed by atoms with E-state index in [4.69, 9.17) is 10.00 Å². The summed E-state index contributed by atoms with van der Waals surface area (Å²) < 4.78 is 6.65. The van der Waals surface area contributed by atoms with Crippen LogP contribution in [0, 0.1) is 11.3 Å². The van der Waals surface area contributed by atoms with Gasteiger partial charge in [-0.3, -0.25) is 9.36 Å². The predicted molar refractivity (Wildman–Crippen MR) is 114 cm³/mol. The first-order chi connectivity index (χ1) is 14.7. The van der Waals surface area contributed by atoms with Gasteiger partial charge < -0.3 is 10.1 Å². The molecule has 0 saturated heterocycles. The van der Waals surface area contributed by atoms with Gasteiger partial charge in [0, 0.05) is 17.8 Å². The highest BCUT2D eigenvalue weighted by molar-refractivity contribution is 5.75. The van der Waals surface area contributed by atoms with Crippen molar-refractivity contribution >= 4 is 22.8 Å². The Bertz CT molecular complexity index is 1280. The van der Waals surface area contributed by atoms with Crippen molar-refractivity contribution in [2.45, 2.75) is 13.0 Å². The molecule has 2 heterocycles. The number of anilines is 2. The summed E-state index contributed by atoms with van der Waals surface area (Å²) in [5, 5.41) is 12.2. The second-order valence-corrected chi connectivity index (χ2v) is 6.45. The molecule has 4 rings (SSSR count). The van der Waals surface area contributed by atoms with E-state index in [1.165, 1.54) is 4.57 Å². The van der Waals surface area contributed by atoms with Crippen molar-refractivity contribution in [1.29, 1.82) is 5.26 Å². The molecule has 0 saturated carbocycles. The van der Waals surface area contributed by atoms with Crippen molar-refractivity contribution in [1.82, 2.24) is 19.5 Å². The van der Waals surface area contributed by atoms with E-state index in [1.807, 2.05) is 30.3 Å². The standard InChI is InChI=1S/C22H18N6O2/c1-30-17-10-8-15(9-11-17)19-21(29)28(13-5-12-23)20-18(26-19)14-24-22(27-20)25-16-6-3-2-4-7-16/h2-4,6-11,14H,5,13H2,1H3,(H,24,25,27). The number of para-hydroxylation sites is 1. The fraction of sp³-hybridized carbons (Fsp3) is 0.136. The van der Waals surface area contributed by atoms with Crippen LogP contribution in [0.1, 0.15) is 6.42 Å². The average molecular weight is 398 g/mol. The van der Waals surface area contributed by atoms with Crippen LogP contribution >= 0.6 is 0 Å². The molecule has 148 valence electrons. The Morgan fingerprint density at radius 3 is 2.57 bits per heavy atom. The van der Waals surface area contributed by atoms with Gasteiger partial charge in [-0.1, -0.05) is 18.2 Å². The smallest absolute Gasteiger partial charge is 0.278 e. The maximum absolute atomic E-state index is 13.2. The van der Waals surface area contributed by atoms with Gasteiger partial charge >= 0.3 is 0 Å². The fourth-order valence-electron chi connectivity index (χ4n) is 3.05. The van der Waals surface area contributed by atoms with E-state index >= 15 is 0 Å². The number of methoxy groups -OCH3 is 1. The van der Waals surface area contributed by atoms with Crippen LogP contribution in [0.5, 0.6) is 5.75 Å². The van der Waals surface area contributed by atoms with Gasteiger partial charge in [0.15, 0.2) is 5.65 Å². The van der Waals surface area contributed by atoms with Crippen LogP contribution in [0.2, 0.25) is 0 Å². The highest BCUT2D eigenvalue weighted by Gasteiger charge is 2.15. The van der Waals surface area contributed by atoms with Crippen LogP contribution in [-0.4, -0.2) is 26.6 Å². The van der Waals surface area contributed by atoms with E-state index < -0.39 is 0 Å². The van der Waals surface area contributed by atoms with Crippen molar-refractivity contribution < 1.29 is 4.74 Å². The van der Waals surface area contributed by atoms with Gasteiger partial charge in [0.25, 0.3) is 5.56 Å². The first-order valence-electron chi connectivity index (χ1n) is 9.30. The molecule has 1 N–H and O–H groups in total. The zero-order valence-electron chi connectivity index (χ0n) is 16.2. The van der Waals surface area contributed by atoms with Crippen molar-refractivity contribution in [3.05, 3.63) is 71.1 Å². The van der Waals surface area contributed by atoms with Crippen LogP contribution in [0.15, 0.2) is 65.6 Å². The number of fused-ring (bicyclic) bond motifs is 1. The van der Waals surface area contributed by atoms with Crippen LogP contribution in [-0.2, 0) is 6.54 Å². The molecule has 4 aromatic rings. The van der Waals surface area contributed by atoms with E-state index in [0.717, 1.165) is 5.69 Å². The number of aromatic nitrogens is 4. The maximum Gasteiger partial charge on any atom is 0.278 e. The summed E-state index contributed by atoms with van der Waals surface area (Å²) in [4.78, 5) is 26.5. The zero-order valence-corrected chi connectivity index (χ0v) is 16.2. The van der Waals surface area contributed by atoms with Gasteiger partial charge in [0.1, 0.15) is 17.0 Å². The van der Waals surface area contributed by atoms with Crippen LogP contribution < -0.4 is 15.6 Å². The van der Waals surface area contributed by atoms with Gasteiger partial charge in [0.2, 0.25) is 5.95 Å². The molecule has 0 bridgehead atoms. The Balaban J connectivity index is 1.83. The lowest BCUT2D eigenvalue weighted by molar-refractivity contribution is 0.415. The zero-order chi connectivity index (χ0) is 20.9. The normalized spacial score (nSPS) is 10.5. The lowest BCUT2D eigenvalue weighted by atomic mass is 10.1. The maximum atomic E-state index is 13.2. The number of hydrogen-bond donors (Lipinski definition) is 1. The summed E-state index contributed by atoms with van der Waals surface area (Å²) in [6.07, 6.45) is 1.75. The van der Waals surface area contributed by atoms with Gasteiger partial charge in [0.05, 0.1) is 25.8 Å². The molecule has 0 radical (unpaired) electrons. The number of aryl methyl sites for hydroxylation is 1. The first-order valence-corrected chi connectivity index (χ1v) is 9.30. The number of nitrogens with zero attached hydrogens (tertiary/aromatic N) is 5. The molecule has 0 aliphatic carbocycles. The van der Waals surface area contributed by atoms with Crippen molar-refractivity contribution in [3.63, 3.8) is 0 Å². The van der Waals surface area contributed by atoms with Gasteiger partial charge in [-0.2, -0.15) is 10.2 Å².